The lowest BCUT2D eigenvalue weighted by molar-refractivity contribution is 0.115. The average molecular weight is 149 g/mol. The molecule has 0 fully saturated rings. The first-order valence-corrected chi connectivity index (χ1v) is 6.41. The van der Waals surface area contributed by atoms with Crippen LogP contribution in [0.1, 0.15) is 0 Å². The summed E-state index contributed by atoms with van der Waals surface area (Å²) < 4.78 is 5.25. The van der Waals surface area contributed by atoms with Gasteiger partial charge in [0.1, 0.15) is 6.23 Å². The van der Waals surface area contributed by atoms with E-state index in [-0.39, 0.29) is 6.61 Å². The van der Waals surface area contributed by atoms with Gasteiger partial charge in [-0.15, -0.1) is 0 Å². The summed E-state index contributed by atoms with van der Waals surface area (Å²) in [4.78, 5) is 0. The van der Waals surface area contributed by atoms with Crippen LogP contribution in [0.2, 0.25) is 19.6 Å². The molecule has 56 valence electrons. The van der Waals surface area contributed by atoms with Crippen molar-refractivity contribution in [3.05, 3.63) is 0 Å². The largest absolute Gasteiger partial charge is 0.400 e. The van der Waals surface area contributed by atoms with E-state index in [0.717, 1.165) is 0 Å². The van der Waals surface area contributed by atoms with Gasteiger partial charge in [-0.3, -0.25) is 0 Å². The molecular weight excluding hydrogens is 134 g/mol. The zero-order valence-corrected chi connectivity index (χ0v) is 7.22. The Kier molecular flexibility index (Phi) is 3.35. The minimum atomic E-state index is -1.53. The average Bonchev–Trinajstić information content (AvgIpc) is 1.62. The standard InChI is InChI=1S/C5H15NO2Si/c1-9(2,3)8-5(6)4-7/h5,7H,4,6H2,1-3H3. The molecule has 3 N–H and O–H groups in total. The van der Waals surface area contributed by atoms with Crippen LogP contribution < -0.4 is 5.73 Å². The number of hydrogen-bond acceptors (Lipinski definition) is 3. The van der Waals surface area contributed by atoms with E-state index in [0.29, 0.717) is 0 Å². The molecule has 0 aliphatic carbocycles. The second kappa shape index (κ2) is 3.31. The van der Waals surface area contributed by atoms with Crippen LogP contribution >= 0.6 is 0 Å². The molecule has 0 aromatic carbocycles. The first kappa shape index (κ1) is 9.10. The highest BCUT2D eigenvalue weighted by Gasteiger charge is 2.17. The van der Waals surface area contributed by atoms with E-state index in [9.17, 15) is 0 Å². The zero-order chi connectivity index (χ0) is 7.49. The maximum atomic E-state index is 8.47. The van der Waals surface area contributed by atoms with E-state index in [2.05, 4.69) is 0 Å². The Labute approximate surface area is 57.0 Å². The molecule has 0 aromatic rings. The third-order valence-corrected chi connectivity index (χ3v) is 1.69. The Balaban J connectivity index is 3.47. The quantitative estimate of drug-likeness (QED) is 0.442. The van der Waals surface area contributed by atoms with Crippen LogP contribution in [0, 0.1) is 0 Å². The molecule has 0 rings (SSSR count). The van der Waals surface area contributed by atoms with Crippen molar-refractivity contribution in [3.8, 4) is 0 Å². The third kappa shape index (κ3) is 5.98. The molecule has 1 unspecified atom stereocenters. The number of nitrogens with two attached hydrogens (primary N) is 1. The van der Waals surface area contributed by atoms with Crippen molar-refractivity contribution in [2.75, 3.05) is 6.61 Å². The molecule has 1 atom stereocenters. The van der Waals surface area contributed by atoms with E-state index in [1.807, 2.05) is 19.6 Å². The molecule has 0 radical (unpaired) electrons. The molecule has 0 bridgehead atoms. The fourth-order valence-corrected chi connectivity index (χ4v) is 1.47. The van der Waals surface area contributed by atoms with Gasteiger partial charge in [0.2, 0.25) is 0 Å². The molecule has 0 aromatic heterocycles. The van der Waals surface area contributed by atoms with Crippen LogP contribution in [0.5, 0.6) is 0 Å². The molecule has 0 heterocycles. The van der Waals surface area contributed by atoms with Crippen LogP contribution in [-0.4, -0.2) is 26.3 Å². The summed E-state index contributed by atoms with van der Waals surface area (Å²) in [6.07, 6.45) is -0.489. The summed E-state index contributed by atoms with van der Waals surface area (Å²) in [6, 6.07) is 0. The molecule has 9 heavy (non-hydrogen) atoms. The first-order chi connectivity index (χ1) is 3.95. The van der Waals surface area contributed by atoms with Crippen LogP contribution in [0.25, 0.3) is 0 Å². The summed E-state index contributed by atoms with van der Waals surface area (Å²) >= 11 is 0. The van der Waals surface area contributed by atoms with Gasteiger partial charge in [0, 0.05) is 0 Å². The second-order valence-corrected chi connectivity index (χ2v) is 7.41. The highest BCUT2D eigenvalue weighted by atomic mass is 28.4. The summed E-state index contributed by atoms with van der Waals surface area (Å²) in [7, 11) is -1.53. The van der Waals surface area contributed by atoms with E-state index in [1.165, 1.54) is 0 Å². The van der Waals surface area contributed by atoms with E-state index >= 15 is 0 Å². The normalized spacial score (nSPS) is 15.7. The van der Waals surface area contributed by atoms with Gasteiger partial charge in [-0.25, -0.2) is 0 Å². The monoisotopic (exact) mass is 149 g/mol. The fourth-order valence-electron chi connectivity index (χ4n) is 0.491. The highest BCUT2D eigenvalue weighted by molar-refractivity contribution is 6.69. The molecule has 0 aliphatic heterocycles. The maximum Gasteiger partial charge on any atom is 0.186 e. The number of aliphatic hydroxyl groups excluding tert-OH is 1. The van der Waals surface area contributed by atoms with Crippen LogP contribution in [0.4, 0.5) is 0 Å². The Bertz CT molecular complexity index is 81.5. The van der Waals surface area contributed by atoms with E-state index in [4.69, 9.17) is 15.3 Å². The van der Waals surface area contributed by atoms with E-state index in [1.54, 1.807) is 0 Å². The van der Waals surface area contributed by atoms with Crippen LogP contribution in [0.15, 0.2) is 0 Å². The van der Waals surface area contributed by atoms with Gasteiger partial charge in [-0.05, 0) is 19.6 Å². The minimum Gasteiger partial charge on any atom is -0.400 e. The lowest BCUT2D eigenvalue weighted by Gasteiger charge is -2.21. The molecule has 0 saturated carbocycles. The number of aliphatic hydroxyl groups is 1. The predicted octanol–water partition coefficient (Wildman–Crippen LogP) is 0.115. The lowest BCUT2D eigenvalue weighted by Crippen LogP contribution is -2.39. The lowest BCUT2D eigenvalue weighted by atomic mass is 10.7. The maximum absolute atomic E-state index is 8.47. The number of rotatable bonds is 3. The fraction of sp³-hybridized carbons (Fsp3) is 1.00. The zero-order valence-electron chi connectivity index (χ0n) is 6.22. The molecule has 0 spiro atoms. The van der Waals surface area contributed by atoms with Gasteiger partial charge >= 0.3 is 0 Å². The smallest absolute Gasteiger partial charge is 0.186 e. The minimum absolute atomic E-state index is 0.0930. The summed E-state index contributed by atoms with van der Waals surface area (Å²) in [5.74, 6) is 0. The molecule has 0 aliphatic rings. The Morgan fingerprint density at radius 1 is 1.56 bits per heavy atom. The topological polar surface area (TPSA) is 55.5 Å². The summed E-state index contributed by atoms with van der Waals surface area (Å²) in [5.41, 5.74) is 5.32. The van der Waals surface area contributed by atoms with Crippen LogP contribution in [-0.2, 0) is 4.43 Å². The van der Waals surface area contributed by atoms with Crippen molar-refractivity contribution >= 4 is 8.32 Å². The van der Waals surface area contributed by atoms with Crippen molar-refractivity contribution in [1.29, 1.82) is 0 Å². The van der Waals surface area contributed by atoms with Crippen molar-refractivity contribution < 1.29 is 9.53 Å². The van der Waals surface area contributed by atoms with Crippen LogP contribution in [0.3, 0.4) is 0 Å². The van der Waals surface area contributed by atoms with Gasteiger partial charge in [0.15, 0.2) is 8.32 Å². The molecule has 3 nitrogen and oxygen atoms in total. The van der Waals surface area contributed by atoms with Crippen molar-refractivity contribution in [2.45, 2.75) is 25.9 Å². The third-order valence-electron chi connectivity index (χ3n) is 0.685. The number of hydrogen-bond donors (Lipinski definition) is 2. The summed E-state index contributed by atoms with van der Waals surface area (Å²) in [6.45, 7) is 6.00. The molecule has 4 heteroatoms. The highest BCUT2D eigenvalue weighted by Crippen LogP contribution is 2.03. The van der Waals surface area contributed by atoms with Crippen molar-refractivity contribution in [1.82, 2.24) is 0 Å². The van der Waals surface area contributed by atoms with Gasteiger partial charge in [0.05, 0.1) is 6.61 Å². The van der Waals surface area contributed by atoms with Gasteiger partial charge in [-0.2, -0.15) is 0 Å². The van der Waals surface area contributed by atoms with Crippen molar-refractivity contribution in [3.63, 3.8) is 0 Å². The Hall–Kier alpha value is 0.0969. The predicted molar refractivity (Wildman–Crippen MR) is 39.5 cm³/mol. The van der Waals surface area contributed by atoms with E-state index < -0.39 is 14.5 Å². The summed E-state index contributed by atoms with van der Waals surface area (Å²) in [5, 5.41) is 8.47. The van der Waals surface area contributed by atoms with Gasteiger partial charge in [0.25, 0.3) is 0 Å². The SMILES string of the molecule is C[Si](C)(C)OC(N)CO. The second-order valence-electron chi connectivity index (χ2n) is 2.95. The Morgan fingerprint density at radius 3 is 2.11 bits per heavy atom. The molecular formula is C5H15NO2Si. The van der Waals surface area contributed by atoms with Crippen molar-refractivity contribution in [2.24, 2.45) is 5.73 Å². The molecule has 0 saturated heterocycles. The van der Waals surface area contributed by atoms with Gasteiger partial charge < -0.3 is 15.3 Å². The Morgan fingerprint density at radius 2 is 2.00 bits per heavy atom. The first-order valence-electron chi connectivity index (χ1n) is 3.00. The van der Waals surface area contributed by atoms with Gasteiger partial charge in [-0.1, -0.05) is 0 Å². The molecule has 0 amide bonds.